The number of hydrogen-bond donors (Lipinski definition) is 2. The molecule has 0 aliphatic heterocycles. The lowest BCUT2D eigenvalue weighted by Gasteiger charge is -2.12. The molecule has 0 atom stereocenters. The molecule has 3 rings (SSSR count). The van der Waals surface area contributed by atoms with E-state index in [0.29, 0.717) is 16.8 Å². The average molecular weight is 402 g/mol. The number of hydrogen-bond acceptors (Lipinski definition) is 4. The molecule has 0 unspecified atom stereocenters. The lowest BCUT2D eigenvalue weighted by Crippen LogP contribution is -2.13. The molecule has 0 saturated carbocycles. The summed E-state index contributed by atoms with van der Waals surface area (Å²) in [4.78, 5) is 15.5. The van der Waals surface area contributed by atoms with Crippen LogP contribution >= 0.6 is 11.6 Å². The standard InChI is InChI=1S/C19H16ClN3O3S/c1-13(24)22-16-9-15(11-21-12-16)14-7-8-18(20)19(10-14)23-27(25,26)17-5-3-2-4-6-17/h2-12,23H,1H3,(H,22,24). The topological polar surface area (TPSA) is 88.2 Å². The van der Waals surface area contributed by atoms with Gasteiger partial charge in [0.05, 0.1) is 27.5 Å². The number of aromatic nitrogens is 1. The van der Waals surface area contributed by atoms with Crippen molar-refractivity contribution in [1.82, 2.24) is 4.98 Å². The van der Waals surface area contributed by atoms with E-state index in [0.717, 1.165) is 0 Å². The highest BCUT2D eigenvalue weighted by molar-refractivity contribution is 7.92. The van der Waals surface area contributed by atoms with Crippen LogP contribution in [-0.2, 0) is 14.8 Å². The van der Waals surface area contributed by atoms with Gasteiger partial charge < -0.3 is 5.32 Å². The molecule has 3 aromatic rings. The number of nitrogens with zero attached hydrogens (tertiary/aromatic N) is 1. The summed E-state index contributed by atoms with van der Waals surface area (Å²) in [6.07, 6.45) is 3.14. The molecular weight excluding hydrogens is 386 g/mol. The number of carbonyl (C=O) groups is 1. The molecule has 2 N–H and O–H groups in total. The SMILES string of the molecule is CC(=O)Nc1cncc(-c2ccc(Cl)c(NS(=O)(=O)c3ccccc3)c2)c1. The zero-order valence-corrected chi connectivity index (χ0v) is 15.9. The number of anilines is 2. The van der Waals surface area contributed by atoms with Crippen molar-refractivity contribution in [2.45, 2.75) is 11.8 Å². The minimum Gasteiger partial charge on any atom is -0.325 e. The second-order valence-electron chi connectivity index (χ2n) is 5.76. The van der Waals surface area contributed by atoms with E-state index < -0.39 is 10.0 Å². The van der Waals surface area contributed by atoms with Crippen LogP contribution in [0.2, 0.25) is 5.02 Å². The Kier molecular flexibility index (Phi) is 5.43. The molecule has 0 fully saturated rings. The van der Waals surface area contributed by atoms with Crippen LogP contribution in [0.1, 0.15) is 6.92 Å². The van der Waals surface area contributed by atoms with Crippen LogP contribution in [0.3, 0.4) is 0 Å². The van der Waals surface area contributed by atoms with E-state index >= 15 is 0 Å². The number of nitrogens with one attached hydrogen (secondary N) is 2. The zero-order valence-electron chi connectivity index (χ0n) is 14.3. The van der Waals surface area contributed by atoms with Crippen LogP contribution in [0.5, 0.6) is 0 Å². The Balaban J connectivity index is 1.95. The van der Waals surface area contributed by atoms with Gasteiger partial charge >= 0.3 is 0 Å². The van der Waals surface area contributed by atoms with E-state index in [1.54, 1.807) is 48.7 Å². The molecule has 0 aliphatic carbocycles. The molecule has 0 aliphatic rings. The molecule has 138 valence electrons. The van der Waals surface area contributed by atoms with E-state index in [1.807, 2.05) is 0 Å². The van der Waals surface area contributed by atoms with Gasteiger partial charge in [-0.15, -0.1) is 0 Å². The van der Waals surface area contributed by atoms with E-state index in [2.05, 4.69) is 15.0 Å². The Bertz CT molecular complexity index is 1090. The monoisotopic (exact) mass is 401 g/mol. The van der Waals surface area contributed by atoms with Crippen molar-refractivity contribution in [3.63, 3.8) is 0 Å². The average Bonchev–Trinajstić information content (AvgIpc) is 2.64. The van der Waals surface area contributed by atoms with Crippen molar-refractivity contribution in [2.75, 3.05) is 10.0 Å². The van der Waals surface area contributed by atoms with Crippen LogP contribution in [0.15, 0.2) is 71.9 Å². The highest BCUT2D eigenvalue weighted by Gasteiger charge is 2.16. The van der Waals surface area contributed by atoms with Gasteiger partial charge in [-0.25, -0.2) is 8.42 Å². The lowest BCUT2D eigenvalue weighted by molar-refractivity contribution is -0.114. The molecular formula is C19H16ClN3O3S. The molecule has 0 spiro atoms. The van der Waals surface area contributed by atoms with E-state index in [9.17, 15) is 13.2 Å². The molecule has 1 amide bonds. The summed E-state index contributed by atoms with van der Waals surface area (Å²) in [6, 6.07) is 14.7. The van der Waals surface area contributed by atoms with Gasteiger partial charge in [-0.05, 0) is 35.9 Å². The third-order valence-electron chi connectivity index (χ3n) is 3.66. The Hall–Kier alpha value is -2.90. The third kappa shape index (κ3) is 4.64. The summed E-state index contributed by atoms with van der Waals surface area (Å²) in [5.41, 5.74) is 2.20. The molecule has 0 radical (unpaired) electrons. The highest BCUT2D eigenvalue weighted by Crippen LogP contribution is 2.31. The smallest absolute Gasteiger partial charge is 0.261 e. The fraction of sp³-hybridized carbons (Fsp3) is 0.0526. The molecule has 1 heterocycles. The van der Waals surface area contributed by atoms with Crippen molar-refractivity contribution < 1.29 is 13.2 Å². The van der Waals surface area contributed by atoms with Crippen molar-refractivity contribution in [3.05, 3.63) is 72.0 Å². The quantitative estimate of drug-likeness (QED) is 0.671. The molecule has 1 aromatic heterocycles. The van der Waals surface area contributed by atoms with E-state index in [-0.39, 0.29) is 21.5 Å². The second kappa shape index (κ2) is 7.77. The molecule has 2 aromatic carbocycles. The summed E-state index contributed by atoms with van der Waals surface area (Å²) in [7, 11) is -3.77. The summed E-state index contributed by atoms with van der Waals surface area (Å²) in [5.74, 6) is -0.207. The summed E-state index contributed by atoms with van der Waals surface area (Å²) >= 11 is 6.18. The van der Waals surface area contributed by atoms with Gasteiger partial charge in [0.1, 0.15) is 0 Å². The van der Waals surface area contributed by atoms with Gasteiger partial charge in [0.2, 0.25) is 5.91 Å². The first-order chi connectivity index (χ1) is 12.8. The Morgan fingerprint density at radius 3 is 2.44 bits per heavy atom. The fourth-order valence-corrected chi connectivity index (χ4v) is 3.77. The van der Waals surface area contributed by atoms with Gasteiger partial charge in [-0.3, -0.25) is 14.5 Å². The van der Waals surface area contributed by atoms with Gasteiger partial charge in [0, 0.05) is 18.7 Å². The maximum atomic E-state index is 12.5. The summed E-state index contributed by atoms with van der Waals surface area (Å²) < 4.78 is 27.6. The van der Waals surface area contributed by atoms with Gasteiger partial charge in [0.15, 0.2) is 0 Å². The second-order valence-corrected chi connectivity index (χ2v) is 7.85. The largest absolute Gasteiger partial charge is 0.325 e. The maximum absolute atomic E-state index is 12.5. The van der Waals surface area contributed by atoms with Crippen molar-refractivity contribution >= 4 is 38.9 Å². The summed E-state index contributed by atoms with van der Waals surface area (Å²) in [5, 5.41) is 2.93. The Labute approximate surface area is 162 Å². The van der Waals surface area contributed by atoms with Crippen molar-refractivity contribution in [1.29, 1.82) is 0 Å². The normalized spacial score (nSPS) is 11.0. The van der Waals surface area contributed by atoms with Crippen LogP contribution in [0.4, 0.5) is 11.4 Å². The fourth-order valence-electron chi connectivity index (χ4n) is 2.46. The third-order valence-corrected chi connectivity index (χ3v) is 5.37. The number of amides is 1. The highest BCUT2D eigenvalue weighted by atomic mass is 35.5. The van der Waals surface area contributed by atoms with Gasteiger partial charge in [-0.1, -0.05) is 35.9 Å². The Morgan fingerprint density at radius 2 is 1.74 bits per heavy atom. The first-order valence-electron chi connectivity index (χ1n) is 7.95. The van der Waals surface area contributed by atoms with Gasteiger partial charge in [-0.2, -0.15) is 0 Å². The number of rotatable bonds is 5. The number of pyridine rings is 1. The first-order valence-corrected chi connectivity index (χ1v) is 9.82. The van der Waals surface area contributed by atoms with Crippen LogP contribution < -0.4 is 10.0 Å². The van der Waals surface area contributed by atoms with Crippen LogP contribution in [0.25, 0.3) is 11.1 Å². The van der Waals surface area contributed by atoms with E-state index in [4.69, 9.17) is 11.6 Å². The minimum absolute atomic E-state index is 0.140. The lowest BCUT2D eigenvalue weighted by atomic mass is 10.1. The zero-order chi connectivity index (χ0) is 19.4. The van der Waals surface area contributed by atoms with Crippen LogP contribution in [-0.4, -0.2) is 19.3 Å². The molecule has 27 heavy (non-hydrogen) atoms. The number of sulfonamides is 1. The predicted octanol–water partition coefficient (Wildman–Crippen LogP) is 4.16. The molecule has 8 heteroatoms. The first kappa shape index (κ1) is 18.9. The summed E-state index contributed by atoms with van der Waals surface area (Å²) in [6.45, 7) is 1.41. The molecule has 0 bridgehead atoms. The number of benzene rings is 2. The number of halogens is 1. The Morgan fingerprint density at radius 1 is 1.00 bits per heavy atom. The van der Waals surface area contributed by atoms with Crippen molar-refractivity contribution in [3.8, 4) is 11.1 Å². The molecule has 0 saturated heterocycles. The van der Waals surface area contributed by atoms with E-state index in [1.165, 1.54) is 25.3 Å². The van der Waals surface area contributed by atoms with Crippen molar-refractivity contribution in [2.24, 2.45) is 0 Å². The maximum Gasteiger partial charge on any atom is 0.261 e. The van der Waals surface area contributed by atoms with Gasteiger partial charge in [0.25, 0.3) is 10.0 Å². The van der Waals surface area contributed by atoms with Crippen LogP contribution in [0, 0.1) is 0 Å². The molecule has 6 nitrogen and oxygen atoms in total. The number of carbonyl (C=O) groups excluding carboxylic acids is 1. The predicted molar refractivity (Wildman–Crippen MR) is 106 cm³/mol. The minimum atomic E-state index is -3.77.